The lowest BCUT2D eigenvalue weighted by Crippen LogP contribution is -2.36. The zero-order valence-corrected chi connectivity index (χ0v) is 19.9. The third-order valence-corrected chi connectivity index (χ3v) is 6.27. The molecule has 0 unspecified atom stereocenters. The molecule has 3 aromatic rings. The number of nitrogens with zero attached hydrogens (tertiary/aromatic N) is 3. The lowest BCUT2D eigenvalue weighted by Gasteiger charge is -2.31. The van der Waals surface area contributed by atoms with E-state index in [9.17, 15) is 4.79 Å². The summed E-state index contributed by atoms with van der Waals surface area (Å²) in [5.74, 6) is 1.90. The third-order valence-electron chi connectivity index (χ3n) is 6.27. The van der Waals surface area contributed by atoms with Gasteiger partial charge in [0.05, 0.1) is 6.54 Å². The molecule has 0 spiro atoms. The maximum Gasteiger partial charge on any atom is 0.297 e. The number of anilines is 1. The third kappa shape index (κ3) is 6.60. The number of hydrogen-bond acceptors (Lipinski definition) is 6. The van der Waals surface area contributed by atoms with Crippen molar-refractivity contribution in [3.63, 3.8) is 0 Å². The maximum atomic E-state index is 12.9. The molecule has 0 bridgehead atoms. The molecule has 7 nitrogen and oxygen atoms in total. The Morgan fingerprint density at radius 3 is 2.44 bits per heavy atom. The van der Waals surface area contributed by atoms with Crippen molar-refractivity contribution >= 4 is 5.82 Å². The van der Waals surface area contributed by atoms with Crippen LogP contribution >= 0.6 is 0 Å². The Morgan fingerprint density at radius 1 is 0.971 bits per heavy atom. The monoisotopic (exact) mass is 462 g/mol. The van der Waals surface area contributed by atoms with Gasteiger partial charge in [-0.05, 0) is 56.3 Å². The number of ether oxygens (including phenoxy) is 2. The topological polar surface area (TPSA) is 68.6 Å². The number of rotatable bonds is 11. The normalized spacial score (nSPS) is 14.2. The predicted molar refractivity (Wildman–Crippen MR) is 135 cm³/mol. The Balaban J connectivity index is 1.27. The average molecular weight is 463 g/mol. The molecule has 180 valence electrons. The fraction of sp³-hybridized carbons (Fsp3) is 0.407. The smallest absolute Gasteiger partial charge is 0.297 e. The Kier molecular flexibility index (Phi) is 8.57. The molecule has 1 aliphatic rings. The first kappa shape index (κ1) is 23.8. The Bertz CT molecular complexity index is 1060. The van der Waals surface area contributed by atoms with E-state index in [2.05, 4.69) is 22.2 Å². The van der Waals surface area contributed by atoms with Gasteiger partial charge in [-0.2, -0.15) is 0 Å². The lowest BCUT2D eigenvalue weighted by molar-refractivity contribution is 0.160. The van der Waals surface area contributed by atoms with Crippen molar-refractivity contribution < 1.29 is 9.47 Å². The Morgan fingerprint density at radius 2 is 1.68 bits per heavy atom. The highest BCUT2D eigenvalue weighted by Crippen LogP contribution is 2.21. The van der Waals surface area contributed by atoms with Crippen LogP contribution in [0.25, 0.3) is 5.69 Å². The molecule has 7 heteroatoms. The zero-order chi connectivity index (χ0) is 23.6. The van der Waals surface area contributed by atoms with Crippen LogP contribution in [0.4, 0.5) is 5.82 Å². The van der Waals surface area contributed by atoms with Crippen LogP contribution in [0.5, 0.6) is 11.5 Å². The van der Waals surface area contributed by atoms with Gasteiger partial charge in [-0.15, -0.1) is 0 Å². The molecule has 0 radical (unpaired) electrons. The van der Waals surface area contributed by atoms with Gasteiger partial charge >= 0.3 is 0 Å². The highest BCUT2D eigenvalue weighted by molar-refractivity contribution is 5.41. The van der Waals surface area contributed by atoms with E-state index < -0.39 is 0 Å². The second-order valence-electron chi connectivity index (χ2n) is 8.65. The van der Waals surface area contributed by atoms with Gasteiger partial charge in [-0.25, -0.2) is 4.98 Å². The zero-order valence-electron chi connectivity index (χ0n) is 19.9. The predicted octanol–water partition coefficient (Wildman–Crippen LogP) is 4.37. The summed E-state index contributed by atoms with van der Waals surface area (Å²) in [6, 6.07) is 17.9. The van der Waals surface area contributed by atoms with Gasteiger partial charge in [0.2, 0.25) is 0 Å². The van der Waals surface area contributed by atoms with Crippen molar-refractivity contribution in [3.8, 4) is 17.2 Å². The van der Waals surface area contributed by atoms with E-state index in [-0.39, 0.29) is 5.56 Å². The fourth-order valence-corrected chi connectivity index (χ4v) is 4.31. The highest BCUT2D eigenvalue weighted by atomic mass is 16.5. The van der Waals surface area contributed by atoms with Gasteiger partial charge < -0.3 is 19.7 Å². The molecule has 2 aromatic carbocycles. The summed E-state index contributed by atoms with van der Waals surface area (Å²) in [7, 11) is 2.19. The molecular weight excluding hydrogens is 428 g/mol. The van der Waals surface area contributed by atoms with Gasteiger partial charge in [0.1, 0.15) is 24.7 Å². The molecule has 0 atom stereocenters. The molecule has 1 fully saturated rings. The lowest BCUT2D eigenvalue weighted by atomic mass is 9.94. The number of para-hydroxylation sites is 1. The van der Waals surface area contributed by atoms with Gasteiger partial charge in [0.15, 0.2) is 5.82 Å². The molecule has 1 heterocycles. The van der Waals surface area contributed by atoms with E-state index in [1.807, 2.05) is 54.6 Å². The number of nitrogens with one attached hydrogen (secondary N) is 1. The van der Waals surface area contributed by atoms with E-state index in [0.717, 1.165) is 23.7 Å². The van der Waals surface area contributed by atoms with Crippen molar-refractivity contribution in [2.45, 2.75) is 38.1 Å². The molecule has 4 rings (SSSR count). The van der Waals surface area contributed by atoms with E-state index in [1.54, 1.807) is 17.0 Å². The molecule has 1 N–H and O–H groups in total. The van der Waals surface area contributed by atoms with Crippen LogP contribution in [-0.2, 0) is 0 Å². The second-order valence-corrected chi connectivity index (χ2v) is 8.65. The number of benzene rings is 2. The molecule has 0 saturated heterocycles. The first-order chi connectivity index (χ1) is 16.7. The molecular formula is C27H34N4O3. The second kappa shape index (κ2) is 12.2. The molecule has 1 aromatic heterocycles. The molecule has 0 aliphatic heterocycles. The van der Waals surface area contributed by atoms with Crippen molar-refractivity contribution in [1.29, 1.82) is 0 Å². The van der Waals surface area contributed by atoms with Crippen molar-refractivity contribution in [2.75, 3.05) is 38.7 Å². The van der Waals surface area contributed by atoms with Gasteiger partial charge in [-0.1, -0.05) is 37.5 Å². The molecule has 1 aliphatic carbocycles. The fourth-order valence-electron chi connectivity index (χ4n) is 4.31. The summed E-state index contributed by atoms with van der Waals surface area (Å²) in [5.41, 5.74) is 0.563. The van der Waals surface area contributed by atoms with Crippen LogP contribution < -0.4 is 20.3 Å². The van der Waals surface area contributed by atoms with E-state index in [4.69, 9.17) is 9.47 Å². The minimum atomic E-state index is -0.204. The molecule has 1 saturated carbocycles. The van der Waals surface area contributed by atoms with Crippen LogP contribution in [0.15, 0.2) is 71.8 Å². The van der Waals surface area contributed by atoms with Crippen molar-refractivity contribution in [3.05, 3.63) is 77.3 Å². The Labute approximate surface area is 201 Å². The van der Waals surface area contributed by atoms with Gasteiger partial charge in [0, 0.05) is 30.7 Å². The van der Waals surface area contributed by atoms with E-state index in [1.165, 1.54) is 32.1 Å². The SMILES string of the molecule is CN(CCOc1ccc(-n2ccnc(NCCOc3ccccc3)c2=O)cc1)C1CCCCC1. The summed E-state index contributed by atoms with van der Waals surface area (Å²) < 4.78 is 13.2. The van der Waals surface area contributed by atoms with Crippen LogP contribution in [0.3, 0.4) is 0 Å². The Hall–Kier alpha value is -3.32. The van der Waals surface area contributed by atoms with Gasteiger partial charge in [-0.3, -0.25) is 9.36 Å². The van der Waals surface area contributed by atoms with Crippen LogP contribution in [-0.4, -0.2) is 53.8 Å². The standard InChI is InChI=1S/C27H34N4O3/c1-30(22-8-4-2-5-9-22)19-21-34-25-14-12-23(13-15-25)31-18-16-28-26(27(31)32)29-17-20-33-24-10-6-3-7-11-24/h3,6-7,10-16,18,22H,2,4-5,8-9,17,19-21H2,1H3,(H,28,29). The highest BCUT2D eigenvalue weighted by Gasteiger charge is 2.17. The first-order valence-electron chi connectivity index (χ1n) is 12.1. The van der Waals surface area contributed by atoms with Crippen LogP contribution in [0.2, 0.25) is 0 Å². The molecule has 0 amide bonds. The van der Waals surface area contributed by atoms with Crippen LogP contribution in [0, 0.1) is 0 Å². The van der Waals surface area contributed by atoms with Crippen molar-refractivity contribution in [2.24, 2.45) is 0 Å². The summed E-state index contributed by atoms with van der Waals surface area (Å²) in [6.07, 6.45) is 9.92. The number of likely N-dealkylation sites (N-methyl/N-ethyl adjacent to an activating group) is 1. The minimum absolute atomic E-state index is 0.204. The minimum Gasteiger partial charge on any atom is -0.492 e. The maximum absolute atomic E-state index is 12.9. The van der Waals surface area contributed by atoms with Crippen LogP contribution in [0.1, 0.15) is 32.1 Å². The number of hydrogen-bond donors (Lipinski definition) is 1. The molecule has 34 heavy (non-hydrogen) atoms. The van der Waals surface area contributed by atoms with E-state index >= 15 is 0 Å². The number of aromatic nitrogens is 2. The quantitative estimate of drug-likeness (QED) is 0.427. The first-order valence-corrected chi connectivity index (χ1v) is 12.1. The summed E-state index contributed by atoms with van der Waals surface area (Å²) in [6.45, 7) is 2.48. The average Bonchev–Trinajstić information content (AvgIpc) is 2.89. The van der Waals surface area contributed by atoms with Crippen molar-refractivity contribution in [1.82, 2.24) is 14.5 Å². The largest absolute Gasteiger partial charge is 0.492 e. The van der Waals surface area contributed by atoms with Gasteiger partial charge in [0.25, 0.3) is 5.56 Å². The summed E-state index contributed by atoms with van der Waals surface area (Å²) >= 11 is 0. The summed E-state index contributed by atoms with van der Waals surface area (Å²) in [5, 5.41) is 3.07. The van der Waals surface area contributed by atoms with E-state index in [0.29, 0.717) is 31.6 Å². The summed E-state index contributed by atoms with van der Waals surface area (Å²) in [4.78, 5) is 19.5.